The fourth-order valence-corrected chi connectivity index (χ4v) is 1.04. The lowest BCUT2D eigenvalue weighted by molar-refractivity contribution is -0.0404. The first-order chi connectivity index (χ1) is 5.43. The molecule has 1 N–H and O–H groups in total. The maximum absolute atomic E-state index is 12.8. The fourth-order valence-electron chi connectivity index (χ4n) is 1.04. The van der Waals surface area contributed by atoms with Crippen LogP contribution in [0.25, 0.3) is 0 Å². The van der Waals surface area contributed by atoms with Crippen molar-refractivity contribution in [2.45, 2.75) is 39.5 Å². The Bertz CT molecular complexity index is 124. The van der Waals surface area contributed by atoms with Gasteiger partial charge in [-0.05, 0) is 11.8 Å². The second-order valence-electron chi connectivity index (χ2n) is 3.60. The van der Waals surface area contributed by atoms with Crippen LogP contribution in [-0.2, 0) is 0 Å². The van der Waals surface area contributed by atoms with Crippen molar-refractivity contribution >= 4 is 0 Å². The molecule has 0 fully saturated rings. The van der Waals surface area contributed by atoms with E-state index in [1.165, 1.54) is 6.92 Å². The van der Waals surface area contributed by atoms with Crippen LogP contribution in [0.3, 0.4) is 0 Å². The molecule has 1 nitrogen and oxygen atoms in total. The normalized spacial score (nSPS) is 15.2. The van der Waals surface area contributed by atoms with Gasteiger partial charge in [0, 0.05) is 19.4 Å². The van der Waals surface area contributed by atoms with Crippen LogP contribution in [-0.4, -0.2) is 17.6 Å². The Hall–Kier alpha value is -0.180. The molecule has 0 saturated carbocycles. The van der Waals surface area contributed by atoms with Gasteiger partial charge in [-0.2, -0.15) is 0 Å². The lowest BCUT2D eigenvalue weighted by Gasteiger charge is -2.23. The average molecular weight is 180 g/mol. The minimum atomic E-state index is -2.61. The van der Waals surface area contributed by atoms with Gasteiger partial charge in [0.05, 0.1) is 0 Å². The molecular formula is C9H18F2O. The van der Waals surface area contributed by atoms with Crippen molar-refractivity contribution in [2.24, 2.45) is 11.8 Å². The monoisotopic (exact) mass is 180 g/mol. The Morgan fingerprint density at radius 2 is 1.83 bits per heavy atom. The third-order valence-electron chi connectivity index (χ3n) is 2.26. The lowest BCUT2D eigenvalue weighted by Crippen LogP contribution is -2.25. The molecule has 0 aliphatic heterocycles. The number of hydrogen-bond acceptors (Lipinski definition) is 1. The third-order valence-corrected chi connectivity index (χ3v) is 2.26. The molecule has 0 saturated heterocycles. The molecule has 0 aromatic rings. The van der Waals surface area contributed by atoms with E-state index in [0.29, 0.717) is 0 Å². The molecule has 74 valence electrons. The number of aliphatic hydroxyl groups is 1. The van der Waals surface area contributed by atoms with Crippen molar-refractivity contribution in [1.82, 2.24) is 0 Å². The molecule has 0 amide bonds. The van der Waals surface area contributed by atoms with Crippen molar-refractivity contribution < 1.29 is 13.9 Å². The third kappa shape index (κ3) is 4.00. The quantitative estimate of drug-likeness (QED) is 0.689. The topological polar surface area (TPSA) is 20.2 Å². The summed E-state index contributed by atoms with van der Waals surface area (Å²) in [6.45, 7) is 5.03. The van der Waals surface area contributed by atoms with Gasteiger partial charge in [-0.15, -0.1) is 0 Å². The van der Waals surface area contributed by atoms with Crippen molar-refractivity contribution in [3.63, 3.8) is 0 Å². The Balaban J connectivity index is 4.01. The highest BCUT2D eigenvalue weighted by molar-refractivity contribution is 4.72. The molecule has 0 heterocycles. The van der Waals surface area contributed by atoms with Gasteiger partial charge in [0.1, 0.15) is 0 Å². The first-order valence-corrected chi connectivity index (χ1v) is 4.41. The average Bonchev–Trinajstić information content (AvgIpc) is 2.00. The maximum Gasteiger partial charge on any atom is 0.248 e. The van der Waals surface area contributed by atoms with Crippen LogP contribution in [0.2, 0.25) is 0 Å². The Morgan fingerprint density at radius 1 is 1.33 bits per heavy atom. The number of alkyl halides is 2. The van der Waals surface area contributed by atoms with Crippen LogP contribution in [0.15, 0.2) is 0 Å². The van der Waals surface area contributed by atoms with Gasteiger partial charge < -0.3 is 5.11 Å². The van der Waals surface area contributed by atoms with Crippen molar-refractivity contribution in [3.05, 3.63) is 0 Å². The van der Waals surface area contributed by atoms with Crippen molar-refractivity contribution in [2.75, 3.05) is 6.61 Å². The predicted molar refractivity (Wildman–Crippen MR) is 45.3 cm³/mol. The maximum atomic E-state index is 12.8. The molecular weight excluding hydrogens is 162 g/mol. The second-order valence-corrected chi connectivity index (χ2v) is 3.60. The molecule has 12 heavy (non-hydrogen) atoms. The molecule has 0 rings (SSSR count). The summed E-state index contributed by atoms with van der Waals surface area (Å²) >= 11 is 0. The van der Waals surface area contributed by atoms with Crippen LogP contribution in [0, 0.1) is 11.8 Å². The van der Waals surface area contributed by atoms with Crippen LogP contribution in [0.1, 0.15) is 33.6 Å². The van der Waals surface area contributed by atoms with E-state index in [1.807, 2.05) is 13.8 Å². The smallest absolute Gasteiger partial charge is 0.248 e. The van der Waals surface area contributed by atoms with E-state index in [0.717, 1.165) is 0 Å². The van der Waals surface area contributed by atoms with Gasteiger partial charge >= 0.3 is 0 Å². The summed E-state index contributed by atoms with van der Waals surface area (Å²) in [7, 11) is 0. The molecule has 1 unspecified atom stereocenters. The van der Waals surface area contributed by atoms with Crippen LogP contribution in [0.5, 0.6) is 0 Å². The van der Waals surface area contributed by atoms with Crippen LogP contribution < -0.4 is 0 Å². The van der Waals surface area contributed by atoms with Gasteiger partial charge in [0.2, 0.25) is 5.92 Å². The summed E-state index contributed by atoms with van der Waals surface area (Å²) in [4.78, 5) is 0. The van der Waals surface area contributed by atoms with Crippen molar-refractivity contribution in [3.8, 4) is 0 Å². The SMILES string of the molecule is CCC(F)(F)CC(CO)C(C)C. The van der Waals surface area contributed by atoms with Gasteiger partial charge in [-0.25, -0.2) is 8.78 Å². The minimum Gasteiger partial charge on any atom is -0.396 e. The zero-order chi connectivity index (χ0) is 9.78. The summed E-state index contributed by atoms with van der Waals surface area (Å²) in [5.41, 5.74) is 0. The summed E-state index contributed by atoms with van der Waals surface area (Å²) in [5, 5.41) is 8.82. The predicted octanol–water partition coefficient (Wildman–Crippen LogP) is 2.69. The summed E-state index contributed by atoms with van der Waals surface area (Å²) in [6, 6.07) is 0. The van der Waals surface area contributed by atoms with Crippen molar-refractivity contribution in [1.29, 1.82) is 0 Å². The Kier molecular flexibility index (Phi) is 4.68. The zero-order valence-electron chi connectivity index (χ0n) is 7.98. The molecule has 0 aliphatic carbocycles. The van der Waals surface area contributed by atoms with E-state index in [2.05, 4.69) is 0 Å². The number of aliphatic hydroxyl groups excluding tert-OH is 1. The number of rotatable bonds is 5. The van der Waals surface area contributed by atoms with E-state index in [4.69, 9.17) is 5.11 Å². The van der Waals surface area contributed by atoms with E-state index in [9.17, 15) is 8.78 Å². The van der Waals surface area contributed by atoms with E-state index < -0.39 is 5.92 Å². The molecule has 0 aromatic carbocycles. The highest BCUT2D eigenvalue weighted by Crippen LogP contribution is 2.29. The van der Waals surface area contributed by atoms with Gasteiger partial charge in [0.25, 0.3) is 0 Å². The van der Waals surface area contributed by atoms with E-state index >= 15 is 0 Å². The highest BCUT2D eigenvalue weighted by atomic mass is 19.3. The molecule has 3 heteroatoms. The van der Waals surface area contributed by atoms with Crippen LogP contribution >= 0.6 is 0 Å². The lowest BCUT2D eigenvalue weighted by atomic mass is 9.90. The number of halogens is 2. The molecule has 0 spiro atoms. The standard InChI is InChI=1S/C9H18F2O/c1-4-9(10,11)5-8(6-12)7(2)3/h7-8,12H,4-6H2,1-3H3. The van der Waals surface area contributed by atoms with E-state index in [-0.39, 0.29) is 31.3 Å². The zero-order valence-corrected chi connectivity index (χ0v) is 7.98. The molecule has 0 aromatic heterocycles. The van der Waals surface area contributed by atoms with E-state index in [1.54, 1.807) is 0 Å². The Morgan fingerprint density at radius 3 is 2.08 bits per heavy atom. The summed E-state index contributed by atoms with van der Waals surface area (Å²) in [5.74, 6) is -2.77. The first kappa shape index (κ1) is 11.8. The molecule has 0 radical (unpaired) electrons. The first-order valence-electron chi connectivity index (χ1n) is 4.41. The molecule has 0 aliphatic rings. The molecule has 0 bridgehead atoms. The Labute approximate surface area is 72.8 Å². The second kappa shape index (κ2) is 4.75. The largest absolute Gasteiger partial charge is 0.396 e. The van der Waals surface area contributed by atoms with Gasteiger partial charge in [0.15, 0.2) is 0 Å². The van der Waals surface area contributed by atoms with Crippen LogP contribution in [0.4, 0.5) is 8.78 Å². The number of hydrogen-bond donors (Lipinski definition) is 1. The summed E-state index contributed by atoms with van der Waals surface area (Å²) in [6.07, 6.45) is -0.339. The minimum absolute atomic E-state index is 0.118. The fraction of sp³-hybridized carbons (Fsp3) is 1.00. The van der Waals surface area contributed by atoms with Gasteiger partial charge in [-0.1, -0.05) is 20.8 Å². The summed E-state index contributed by atoms with van der Waals surface area (Å²) < 4.78 is 25.7. The molecule has 1 atom stereocenters. The highest BCUT2D eigenvalue weighted by Gasteiger charge is 2.31. The van der Waals surface area contributed by atoms with Gasteiger partial charge in [-0.3, -0.25) is 0 Å².